The van der Waals surface area contributed by atoms with Crippen LogP contribution in [0.5, 0.6) is 0 Å². The number of fused-ring (bicyclic) bond motifs is 2. The molecule has 0 saturated carbocycles. The van der Waals surface area contributed by atoms with Gasteiger partial charge in [0.25, 0.3) is 0 Å². The molecule has 0 bridgehead atoms. The maximum absolute atomic E-state index is 4.93. The fourth-order valence-corrected chi connectivity index (χ4v) is 8.73. The molecule has 0 nitrogen and oxygen atoms in total. The van der Waals surface area contributed by atoms with E-state index in [1.165, 1.54) is 99.4 Å². The van der Waals surface area contributed by atoms with Crippen LogP contribution in [0.25, 0.3) is 66.1 Å². The van der Waals surface area contributed by atoms with Crippen LogP contribution < -0.4 is 0 Å². The molecule has 0 aliphatic carbocycles. The number of aryl methyl sites for hydroxylation is 2. The van der Waals surface area contributed by atoms with Gasteiger partial charge in [0.2, 0.25) is 0 Å². The Morgan fingerprint density at radius 3 is 0.794 bits per heavy atom. The fourth-order valence-electron chi connectivity index (χ4n) is 8.73. The van der Waals surface area contributed by atoms with Crippen molar-refractivity contribution in [2.24, 2.45) is 0 Å². The summed E-state index contributed by atoms with van der Waals surface area (Å²) < 4.78 is 0. The minimum absolute atomic E-state index is 0.173. The molecule has 8 aromatic carbocycles. The van der Waals surface area contributed by atoms with E-state index in [1.807, 2.05) is 0 Å². The monoisotopic (exact) mass is 1030 g/mol. The van der Waals surface area contributed by atoms with E-state index in [4.69, 9.17) is 17.0 Å². The molecule has 0 aliphatic rings. The predicted molar refractivity (Wildman–Crippen MR) is 304 cm³/mol. The van der Waals surface area contributed by atoms with Crippen molar-refractivity contribution < 1.29 is 20.8 Å². The van der Waals surface area contributed by atoms with Gasteiger partial charge in [-0.05, 0) is 67.9 Å². The molecule has 0 saturated heterocycles. The van der Waals surface area contributed by atoms with E-state index in [-0.39, 0.29) is 21.7 Å². The summed E-state index contributed by atoms with van der Waals surface area (Å²) in [5.41, 5.74) is 19.5. The molecule has 8 aromatic rings. The van der Waals surface area contributed by atoms with Crippen molar-refractivity contribution in [3.8, 4) is 44.5 Å². The maximum atomic E-state index is 4.93. The molecule has 2 radical (unpaired) electrons. The number of hydrogen-bond acceptors (Lipinski definition) is 0. The van der Waals surface area contributed by atoms with Crippen molar-refractivity contribution in [1.29, 1.82) is 0 Å². The summed E-state index contributed by atoms with van der Waals surface area (Å²) in [6.07, 6.45) is 2.11. The molecular formula is C64H76Cl2SiZr. The second-order valence-electron chi connectivity index (χ2n) is 22.3. The molecule has 0 amide bonds. The van der Waals surface area contributed by atoms with Gasteiger partial charge in [0.15, 0.2) is 0 Å². The van der Waals surface area contributed by atoms with Crippen molar-refractivity contribution in [2.75, 3.05) is 0 Å². The molecule has 354 valence electrons. The SMILES string of the molecule is CCc1cc2c(-c3ccc(C(C)(C)C)cc3)ccc(-c3ccc(C(C)(C)C)cc3)c2[cH-]1.CCc1cc2c(-c3ccc(C(C)(C)C)cc3)ccc(-c3ccc(C(C)(C)C)cc3)c2[cH-]1.C[Si]C.[Cl][Zr+2][Cl]. The Balaban J connectivity index is 0.000000228. The summed E-state index contributed by atoms with van der Waals surface area (Å²) in [6.45, 7) is 36.0. The van der Waals surface area contributed by atoms with Gasteiger partial charge in [0.05, 0.1) is 0 Å². The van der Waals surface area contributed by atoms with Gasteiger partial charge < -0.3 is 0 Å². The summed E-state index contributed by atoms with van der Waals surface area (Å²) >= 11 is -0.826. The molecule has 8 rings (SSSR count). The Labute approximate surface area is 433 Å². The van der Waals surface area contributed by atoms with Crippen LogP contribution in [0.4, 0.5) is 0 Å². The second-order valence-corrected chi connectivity index (χ2v) is 27.0. The first kappa shape index (κ1) is 55.2. The van der Waals surface area contributed by atoms with Gasteiger partial charge in [-0.15, -0.1) is 44.8 Å². The molecule has 0 N–H and O–H groups in total. The number of hydrogen-bond donors (Lipinski definition) is 0. The van der Waals surface area contributed by atoms with Crippen LogP contribution in [-0.4, -0.2) is 9.52 Å². The third-order valence-corrected chi connectivity index (χ3v) is 13.0. The minimum atomic E-state index is -0.826. The van der Waals surface area contributed by atoms with E-state index in [9.17, 15) is 0 Å². The van der Waals surface area contributed by atoms with Gasteiger partial charge in [-0.25, -0.2) is 0 Å². The summed E-state index contributed by atoms with van der Waals surface area (Å²) in [6, 6.07) is 55.3. The third kappa shape index (κ3) is 13.8. The molecule has 4 heteroatoms. The first-order valence-electron chi connectivity index (χ1n) is 24.4. The van der Waals surface area contributed by atoms with E-state index >= 15 is 0 Å². The van der Waals surface area contributed by atoms with Crippen molar-refractivity contribution in [3.05, 3.63) is 179 Å². The fraction of sp³-hybridized carbons (Fsp3) is 0.344. The van der Waals surface area contributed by atoms with Crippen molar-refractivity contribution in [3.63, 3.8) is 0 Å². The van der Waals surface area contributed by atoms with Crippen LogP contribution in [0.1, 0.15) is 130 Å². The van der Waals surface area contributed by atoms with E-state index in [0.717, 1.165) is 22.4 Å². The predicted octanol–water partition coefficient (Wildman–Crippen LogP) is 20.3. The molecule has 68 heavy (non-hydrogen) atoms. The van der Waals surface area contributed by atoms with Gasteiger partial charge in [-0.2, -0.15) is 12.1 Å². The molecule has 0 heterocycles. The number of halogens is 2. The molecular weight excluding hydrogens is 959 g/mol. The molecule has 0 spiro atoms. The molecule has 0 aliphatic heterocycles. The van der Waals surface area contributed by atoms with Crippen LogP contribution >= 0.6 is 17.0 Å². The van der Waals surface area contributed by atoms with Gasteiger partial charge >= 0.3 is 37.9 Å². The average Bonchev–Trinajstić information content (AvgIpc) is 3.94. The Kier molecular flexibility index (Phi) is 19.0. The van der Waals surface area contributed by atoms with Crippen molar-refractivity contribution >= 4 is 48.1 Å². The van der Waals surface area contributed by atoms with E-state index in [1.54, 1.807) is 0 Å². The van der Waals surface area contributed by atoms with Crippen molar-refractivity contribution in [2.45, 2.75) is 145 Å². The van der Waals surface area contributed by atoms with Gasteiger partial charge in [-0.3, -0.25) is 0 Å². The third-order valence-electron chi connectivity index (χ3n) is 13.0. The zero-order valence-electron chi connectivity index (χ0n) is 44.0. The average molecular weight is 1040 g/mol. The Morgan fingerprint density at radius 2 is 0.588 bits per heavy atom. The van der Waals surface area contributed by atoms with Gasteiger partial charge in [0, 0.05) is 9.52 Å². The number of rotatable bonds is 6. The summed E-state index contributed by atoms with van der Waals surface area (Å²) in [5.74, 6) is 0. The quantitative estimate of drug-likeness (QED) is 0.115. The van der Waals surface area contributed by atoms with Gasteiger partial charge in [-0.1, -0.05) is 265 Å². The first-order valence-corrected chi connectivity index (χ1v) is 32.7. The molecule has 0 fully saturated rings. The van der Waals surface area contributed by atoms with E-state index < -0.39 is 20.8 Å². The Bertz CT molecular complexity index is 2440. The van der Waals surface area contributed by atoms with Crippen LogP contribution in [0, 0.1) is 0 Å². The Hall–Kier alpha value is -3.78. The number of benzene rings is 6. The van der Waals surface area contributed by atoms with Crippen LogP contribution in [0.2, 0.25) is 13.1 Å². The van der Waals surface area contributed by atoms with Crippen molar-refractivity contribution in [1.82, 2.24) is 0 Å². The zero-order valence-corrected chi connectivity index (χ0v) is 49.0. The second kappa shape index (κ2) is 23.4. The van der Waals surface area contributed by atoms with Crippen LogP contribution in [0.3, 0.4) is 0 Å². The summed E-state index contributed by atoms with van der Waals surface area (Å²) in [4.78, 5) is 0. The summed E-state index contributed by atoms with van der Waals surface area (Å²) in [5, 5.41) is 5.44. The molecule has 0 unspecified atom stereocenters. The van der Waals surface area contributed by atoms with Gasteiger partial charge in [0.1, 0.15) is 0 Å². The summed E-state index contributed by atoms with van der Waals surface area (Å²) in [7, 11) is 11.0. The van der Waals surface area contributed by atoms with Crippen LogP contribution in [-0.2, 0) is 55.3 Å². The first-order chi connectivity index (χ1) is 32.0. The zero-order chi connectivity index (χ0) is 50.2. The van der Waals surface area contributed by atoms with E-state index in [2.05, 4.69) is 256 Å². The van der Waals surface area contributed by atoms with Crippen LogP contribution in [0.15, 0.2) is 146 Å². The molecule has 0 aromatic heterocycles. The topological polar surface area (TPSA) is 0 Å². The normalized spacial score (nSPS) is 11.8. The van der Waals surface area contributed by atoms with E-state index in [0.29, 0.717) is 0 Å². The Morgan fingerprint density at radius 1 is 0.382 bits per heavy atom. The molecule has 0 atom stereocenters. The standard InChI is InChI=1S/2C31H35.C2H6Si.2ClH.Zr/c2*1-8-21-19-28-26(22-9-13-24(14-10-22)30(2,3)4)17-18-27(29(28)20-21)23-11-15-25(16-12-23)31(5,6)7;1-3-2;;;/h2*9-20H,8H2,1-7H3;1-2H3;2*1H;/q2*-1;;;;+4/p-2.